The van der Waals surface area contributed by atoms with E-state index in [-0.39, 0.29) is 0 Å². The topological polar surface area (TPSA) is 93.1 Å². The van der Waals surface area contributed by atoms with Crippen molar-refractivity contribution in [3.05, 3.63) is 455 Å². The molecular weight excluding hydrogens is 1670 g/mol. The lowest BCUT2D eigenvalue weighted by Gasteiger charge is -2.22. The third-order valence-electron chi connectivity index (χ3n) is 28.4. The fraction of sp³-hybridized carbons (Fsp3) is 0.0769. The third kappa shape index (κ3) is 14.3. The van der Waals surface area contributed by atoms with Gasteiger partial charge in [0, 0.05) is 76.7 Å². The Labute approximate surface area is 802 Å². The summed E-state index contributed by atoms with van der Waals surface area (Å²) in [6.07, 6.45) is 0. The summed E-state index contributed by atoms with van der Waals surface area (Å²) in [5.41, 5.74) is 46.5. The standard InChI is InChI=1S/C130H94N8/c1-77-29-37-89(38-30-77)94-43-51-108-109-52-44-95(90-39-31-78(2)32-40-90)69-120(109)137(119(108)68-94)127-64-88(76-132)65-128(129(127)100-60-85(9)133-86(10)61-100)138-121-70-96(91-41-33-79(3)34-42-91)45-53-110(121)111-55-47-98(72-124(111)138)103-50-36-81(5)58-114(103)113-74-112(83(7)59-84(113)8)99-48-56-107-105-26-18-20-28-118(105)136(123(107)73-99)126-63-87(75-131)62-125(130(126)101-66-115(92-21-13-11-14-22-92)134-116(67-101)93-23-15-12-16-24-93)135-117-27-19-17-25-104(117)106-54-46-97(71-122(106)135)102-49-35-80(4)57-82(102)6/h11-74H,1-10H3. The molecule has 138 heavy (non-hydrogen) atoms. The van der Waals surface area contributed by atoms with E-state index in [0.29, 0.717) is 11.1 Å². The van der Waals surface area contributed by atoms with E-state index in [1.165, 1.54) is 33.4 Å². The van der Waals surface area contributed by atoms with Gasteiger partial charge in [-0.1, -0.05) is 313 Å². The normalized spacial score (nSPS) is 11.7. The van der Waals surface area contributed by atoms with E-state index in [4.69, 9.17) is 9.97 Å². The van der Waals surface area contributed by atoms with Crippen molar-refractivity contribution in [3.63, 3.8) is 0 Å². The molecule has 0 aliphatic heterocycles. The summed E-state index contributed by atoms with van der Waals surface area (Å²) in [6.45, 7) is 21.6. The average molecular weight is 1770 g/mol. The first kappa shape index (κ1) is 83.5. The molecule has 0 aliphatic rings. The minimum absolute atomic E-state index is 0.516. The van der Waals surface area contributed by atoms with Crippen molar-refractivity contribution in [2.24, 2.45) is 0 Å². The van der Waals surface area contributed by atoms with Crippen LogP contribution in [-0.2, 0) is 0 Å². The molecule has 0 amide bonds. The Hall–Kier alpha value is -17.6. The van der Waals surface area contributed by atoms with E-state index in [1.54, 1.807) is 0 Å². The molecule has 8 nitrogen and oxygen atoms in total. The van der Waals surface area contributed by atoms with Crippen LogP contribution in [-0.4, -0.2) is 28.2 Å². The molecular formula is C130H94N8. The number of aromatic nitrogens is 6. The first-order valence-electron chi connectivity index (χ1n) is 47.4. The Morgan fingerprint density at radius 2 is 0.493 bits per heavy atom. The highest BCUT2D eigenvalue weighted by Gasteiger charge is 2.30. The monoisotopic (exact) mass is 1770 g/mol. The molecule has 24 aromatic rings. The minimum Gasteiger partial charge on any atom is -0.308 e. The number of nitrogens with zero attached hydrogens (tertiary/aromatic N) is 8. The van der Waals surface area contributed by atoms with Crippen molar-refractivity contribution in [2.45, 2.75) is 69.2 Å². The zero-order chi connectivity index (χ0) is 93.6. The minimum atomic E-state index is 0.516. The number of hydrogen-bond donors (Lipinski definition) is 0. The zero-order valence-electron chi connectivity index (χ0n) is 78.5. The van der Waals surface area contributed by atoms with Crippen LogP contribution in [0, 0.1) is 91.9 Å². The molecule has 0 aliphatic carbocycles. The molecule has 24 rings (SSSR count). The largest absolute Gasteiger partial charge is 0.308 e. The van der Waals surface area contributed by atoms with Crippen LogP contribution in [0.5, 0.6) is 0 Å². The van der Waals surface area contributed by atoms with Crippen LogP contribution in [0.3, 0.4) is 0 Å². The lowest BCUT2D eigenvalue weighted by atomic mass is 9.87. The summed E-state index contributed by atoms with van der Waals surface area (Å²) >= 11 is 0. The number of benzene rings is 18. The number of aryl methyl sites for hydroxylation is 10. The van der Waals surface area contributed by atoms with Crippen molar-refractivity contribution in [3.8, 4) is 158 Å². The van der Waals surface area contributed by atoms with Gasteiger partial charge in [-0.15, -0.1) is 0 Å². The highest BCUT2D eigenvalue weighted by Crippen LogP contribution is 2.51. The van der Waals surface area contributed by atoms with E-state index in [1.807, 2.05) is 0 Å². The van der Waals surface area contributed by atoms with Crippen molar-refractivity contribution in [1.29, 1.82) is 10.5 Å². The second-order valence-electron chi connectivity index (χ2n) is 37.7. The van der Waals surface area contributed by atoms with Crippen molar-refractivity contribution in [2.75, 3.05) is 0 Å². The number of rotatable bonds is 15. The van der Waals surface area contributed by atoms with Crippen LogP contribution in [0.25, 0.3) is 233 Å². The summed E-state index contributed by atoms with van der Waals surface area (Å²) < 4.78 is 9.76. The molecule has 0 atom stereocenters. The number of para-hydroxylation sites is 2. The van der Waals surface area contributed by atoms with Crippen molar-refractivity contribution < 1.29 is 0 Å². The van der Waals surface area contributed by atoms with Crippen LogP contribution in [0.4, 0.5) is 0 Å². The first-order chi connectivity index (χ1) is 67.4. The summed E-state index contributed by atoms with van der Waals surface area (Å²) in [5, 5.41) is 32.5. The van der Waals surface area contributed by atoms with E-state index >= 15 is 0 Å². The Morgan fingerprint density at radius 3 is 0.891 bits per heavy atom. The second-order valence-corrected chi connectivity index (χ2v) is 37.7. The molecule has 0 radical (unpaired) electrons. The summed E-state index contributed by atoms with van der Waals surface area (Å²) in [4.78, 5) is 10.6. The molecule has 0 N–H and O–H groups in total. The van der Waals surface area contributed by atoms with Gasteiger partial charge in [0.15, 0.2) is 0 Å². The molecule has 0 saturated carbocycles. The maximum Gasteiger partial charge on any atom is 0.0993 e. The van der Waals surface area contributed by atoms with E-state index < -0.39 is 0 Å². The lowest BCUT2D eigenvalue weighted by Crippen LogP contribution is -2.06. The summed E-state index contributed by atoms with van der Waals surface area (Å²) in [6, 6.07) is 148. The van der Waals surface area contributed by atoms with Crippen LogP contribution in [0.2, 0.25) is 0 Å². The van der Waals surface area contributed by atoms with Gasteiger partial charge in [-0.25, -0.2) is 4.98 Å². The maximum absolute atomic E-state index is 11.9. The Balaban J connectivity index is 0.728. The maximum atomic E-state index is 11.9. The molecule has 0 bridgehead atoms. The molecule has 8 heteroatoms. The first-order valence-corrected chi connectivity index (χ1v) is 47.4. The van der Waals surface area contributed by atoms with E-state index in [2.05, 4.69) is 488 Å². The SMILES string of the molecule is Cc1ccc(-c2ccc3c4ccc(-c5ccc(C)cc5)cc4n(-c4cc(C#N)cc(-n5c6cc(-c7ccc(C)cc7)ccc6c6ccc(-c7ccc(C)cc7-c7cc(-c8ccc9c%10ccccc%10n(-c%10cc(C#N)cc(-n%11c%12ccccc%12c%12ccc(-c%13ccc(C)cc%13C)cc%12%11)c%10-c%10cc(-c%11ccccc%11)nc(-c%11ccccc%11)c%10)c9c8)c(C)cc7C)cc65)c4-c4cc(C)nc(C)c4)c3c2)cc1. The van der Waals surface area contributed by atoms with E-state index in [9.17, 15) is 10.5 Å². The molecule has 6 aromatic heterocycles. The smallest absolute Gasteiger partial charge is 0.0993 e. The van der Waals surface area contributed by atoms with Gasteiger partial charge in [0.05, 0.1) is 102 Å². The molecule has 18 aromatic carbocycles. The Bertz CT molecular complexity index is 9120. The van der Waals surface area contributed by atoms with Crippen LogP contribution in [0.1, 0.15) is 67.0 Å². The number of nitriles is 2. The van der Waals surface area contributed by atoms with Crippen LogP contribution >= 0.6 is 0 Å². The predicted octanol–water partition coefficient (Wildman–Crippen LogP) is 34.0. The Kier molecular flexibility index (Phi) is 20.1. The van der Waals surface area contributed by atoms with E-state index in [0.717, 1.165) is 255 Å². The summed E-state index contributed by atoms with van der Waals surface area (Å²) in [7, 11) is 0. The van der Waals surface area contributed by atoms with Gasteiger partial charge < -0.3 is 18.3 Å². The fourth-order valence-corrected chi connectivity index (χ4v) is 21.8. The highest BCUT2D eigenvalue weighted by atomic mass is 15.0. The van der Waals surface area contributed by atoms with Gasteiger partial charge in [-0.3, -0.25) is 4.98 Å². The quantitative estimate of drug-likeness (QED) is 0.102. The second kappa shape index (κ2) is 33.3. The molecule has 0 spiro atoms. The lowest BCUT2D eigenvalue weighted by molar-refractivity contribution is 1.11. The third-order valence-corrected chi connectivity index (χ3v) is 28.4. The average Bonchev–Trinajstić information content (AvgIpc) is 1.55. The Morgan fingerprint density at radius 1 is 0.188 bits per heavy atom. The van der Waals surface area contributed by atoms with Gasteiger partial charge in [0.2, 0.25) is 0 Å². The number of hydrogen-bond acceptors (Lipinski definition) is 4. The van der Waals surface area contributed by atoms with Gasteiger partial charge in [-0.2, -0.15) is 10.5 Å². The molecule has 654 valence electrons. The fourth-order valence-electron chi connectivity index (χ4n) is 21.8. The zero-order valence-corrected chi connectivity index (χ0v) is 78.5. The number of pyridine rings is 2. The predicted molar refractivity (Wildman–Crippen MR) is 576 cm³/mol. The number of fused-ring (bicyclic) bond motifs is 12. The van der Waals surface area contributed by atoms with Crippen LogP contribution in [0.15, 0.2) is 388 Å². The van der Waals surface area contributed by atoms with Crippen LogP contribution < -0.4 is 0 Å². The van der Waals surface area contributed by atoms with Crippen molar-refractivity contribution >= 4 is 87.2 Å². The highest BCUT2D eigenvalue weighted by molar-refractivity contribution is 6.17. The van der Waals surface area contributed by atoms with Gasteiger partial charge in [0.25, 0.3) is 0 Å². The van der Waals surface area contributed by atoms with Gasteiger partial charge in [-0.05, 0) is 278 Å². The summed E-state index contributed by atoms with van der Waals surface area (Å²) in [5.74, 6) is 0. The molecule has 0 unspecified atom stereocenters. The molecule has 0 saturated heterocycles. The molecule has 0 fully saturated rings. The van der Waals surface area contributed by atoms with Crippen molar-refractivity contribution in [1.82, 2.24) is 28.2 Å². The van der Waals surface area contributed by atoms with Gasteiger partial charge in [0.1, 0.15) is 0 Å². The molecule has 6 heterocycles. The van der Waals surface area contributed by atoms with Gasteiger partial charge >= 0.3 is 0 Å².